The fourth-order valence-electron chi connectivity index (χ4n) is 2.21. The van der Waals surface area contributed by atoms with Gasteiger partial charge in [-0.05, 0) is 32.4 Å². The fraction of sp³-hybridized carbons (Fsp3) is 1.00. The van der Waals surface area contributed by atoms with E-state index in [0.29, 0.717) is 6.04 Å². The quantitative estimate of drug-likeness (QED) is 0.545. The second-order valence-electron chi connectivity index (χ2n) is 5.32. The third-order valence-corrected chi connectivity index (χ3v) is 3.20. The van der Waals surface area contributed by atoms with Gasteiger partial charge in [0.05, 0.1) is 6.61 Å². The molecule has 0 heterocycles. The number of hydrogen-bond acceptors (Lipinski definition) is 3. The van der Waals surface area contributed by atoms with E-state index < -0.39 is 0 Å². The van der Waals surface area contributed by atoms with Crippen molar-refractivity contribution in [3.63, 3.8) is 0 Å². The van der Waals surface area contributed by atoms with E-state index in [2.05, 4.69) is 44.8 Å². The molecule has 0 aromatic rings. The molecule has 0 aliphatic rings. The normalized spacial score (nSPS) is 13.5. The van der Waals surface area contributed by atoms with Gasteiger partial charge in [-0.1, -0.05) is 34.1 Å². The molecule has 3 heteroatoms. The third kappa shape index (κ3) is 8.90. The summed E-state index contributed by atoms with van der Waals surface area (Å²) in [4.78, 5) is 2.55. The van der Waals surface area contributed by atoms with Gasteiger partial charge in [0.25, 0.3) is 0 Å². The minimum atomic E-state index is 0.652. The molecule has 0 radical (unpaired) electrons. The number of likely N-dealkylation sites (N-methyl/N-ethyl adjacent to an activating group) is 1. The molecule has 0 spiro atoms. The van der Waals surface area contributed by atoms with Crippen molar-refractivity contribution in [3.05, 3.63) is 0 Å². The van der Waals surface area contributed by atoms with Crippen LogP contribution in [0.2, 0.25) is 0 Å². The van der Waals surface area contributed by atoms with Crippen molar-refractivity contribution in [2.24, 2.45) is 5.92 Å². The van der Waals surface area contributed by atoms with Crippen LogP contribution in [0.3, 0.4) is 0 Å². The Morgan fingerprint density at radius 3 is 2.33 bits per heavy atom. The highest BCUT2D eigenvalue weighted by molar-refractivity contribution is 4.73. The van der Waals surface area contributed by atoms with Gasteiger partial charge in [-0.25, -0.2) is 0 Å². The maximum absolute atomic E-state index is 5.47. The van der Waals surface area contributed by atoms with Gasteiger partial charge < -0.3 is 10.1 Å². The average Bonchev–Trinajstić information content (AvgIpc) is 2.33. The van der Waals surface area contributed by atoms with E-state index >= 15 is 0 Å². The van der Waals surface area contributed by atoms with Crippen molar-refractivity contribution in [2.75, 3.05) is 39.4 Å². The average molecular weight is 258 g/mol. The zero-order valence-electron chi connectivity index (χ0n) is 13.2. The lowest BCUT2D eigenvalue weighted by atomic mass is 10.1. The van der Waals surface area contributed by atoms with Gasteiger partial charge in [0.2, 0.25) is 0 Å². The summed E-state index contributed by atoms with van der Waals surface area (Å²) >= 11 is 0. The molecule has 0 saturated carbocycles. The highest BCUT2D eigenvalue weighted by Crippen LogP contribution is 2.06. The highest BCUT2D eigenvalue weighted by Gasteiger charge is 2.15. The summed E-state index contributed by atoms with van der Waals surface area (Å²) in [6.07, 6.45) is 2.52. The number of ether oxygens (including phenoxy) is 1. The summed E-state index contributed by atoms with van der Waals surface area (Å²) in [6.45, 7) is 17.2. The Bertz CT molecular complexity index is 174. The molecule has 0 aromatic carbocycles. The van der Waals surface area contributed by atoms with Crippen molar-refractivity contribution in [2.45, 2.75) is 53.5 Å². The predicted molar refractivity (Wildman–Crippen MR) is 80.1 cm³/mol. The lowest BCUT2D eigenvalue weighted by molar-refractivity contribution is 0.0933. The standard InChI is InChI=1S/C15H34N2O/c1-6-9-15(13-16-12-14(4)5)17(7-2)10-11-18-8-3/h14-16H,6-13H2,1-5H3. The van der Waals surface area contributed by atoms with Gasteiger partial charge in [-0.15, -0.1) is 0 Å². The van der Waals surface area contributed by atoms with Crippen LogP contribution < -0.4 is 5.32 Å². The molecule has 110 valence electrons. The summed E-state index contributed by atoms with van der Waals surface area (Å²) in [5, 5.41) is 3.59. The Kier molecular flexibility index (Phi) is 11.9. The largest absolute Gasteiger partial charge is 0.380 e. The van der Waals surface area contributed by atoms with E-state index in [1.165, 1.54) is 12.8 Å². The van der Waals surface area contributed by atoms with E-state index in [0.717, 1.165) is 45.3 Å². The number of nitrogens with one attached hydrogen (secondary N) is 1. The molecule has 0 aromatic heterocycles. The van der Waals surface area contributed by atoms with Crippen LogP contribution in [0.25, 0.3) is 0 Å². The minimum Gasteiger partial charge on any atom is -0.380 e. The SMILES string of the molecule is CCCC(CNCC(C)C)N(CC)CCOCC. The lowest BCUT2D eigenvalue weighted by Gasteiger charge is -2.31. The van der Waals surface area contributed by atoms with Crippen molar-refractivity contribution in [1.82, 2.24) is 10.2 Å². The first-order valence-corrected chi connectivity index (χ1v) is 7.68. The van der Waals surface area contributed by atoms with Crippen LogP contribution in [0.4, 0.5) is 0 Å². The molecule has 18 heavy (non-hydrogen) atoms. The molecule has 1 N–H and O–H groups in total. The van der Waals surface area contributed by atoms with Crippen molar-refractivity contribution >= 4 is 0 Å². The first-order chi connectivity index (χ1) is 8.65. The van der Waals surface area contributed by atoms with E-state index in [9.17, 15) is 0 Å². The highest BCUT2D eigenvalue weighted by atomic mass is 16.5. The van der Waals surface area contributed by atoms with Gasteiger partial charge in [0.1, 0.15) is 0 Å². The van der Waals surface area contributed by atoms with Crippen molar-refractivity contribution in [3.8, 4) is 0 Å². The molecule has 0 fully saturated rings. The van der Waals surface area contributed by atoms with Crippen LogP contribution in [-0.2, 0) is 4.74 Å². The van der Waals surface area contributed by atoms with Crippen LogP contribution in [0.1, 0.15) is 47.5 Å². The Hall–Kier alpha value is -0.120. The number of rotatable bonds is 12. The topological polar surface area (TPSA) is 24.5 Å². The number of nitrogens with zero attached hydrogens (tertiary/aromatic N) is 1. The van der Waals surface area contributed by atoms with Crippen LogP contribution in [0, 0.1) is 5.92 Å². The Balaban J connectivity index is 4.06. The van der Waals surface area contributed by atoms with E-state index in [-0.39, 0.29) is 0 Å². The molecular formula is C15H34N2O. The van der Waals surface area contributed by atoms with E-state index in [4.69, 9.17) is 4.74 Å². The maximum Gasteiger partial charge on any atom is 0.0593 e. The molecule has 0 bridgehead atoms. The molecule has 0 saturated heterocycles. The van der Waals surface area contributed by atoms with Crippen LogP contribution >= 0.6 is 0 Å². The summed E-state index contributed by atoms with van der Waals surface area (Å²) in [7, 11) is 0. The third-order valence-electron chi connectivity index (χ3n) is 3.20. The van der Waals surface area contributed by atoms with Crippen LogP contribution in [0.15, 0.2) is 0 Å². The Morgan fingerprint density at radius 1 is 1.11 bits per heavy atom. The fourth-order valence-corrected chi connectivity index (χ4v) is 2.21. The van der Waals surface area contributed by atoms with Crippen molar-refractivity contribution in [1.29, 1.82) is 0 Å². The Labute approximate surface area is 114 Å². The molecule has 3 nitrogen and oxygen atoms in total. The van der Waals surface area contributed by atoms with Gasteiger partial charge in [0, 0.05) is 25.7 Å². The number of hydrogen-bond donors (Lipinski definition) is 1. The predicted octanol–water partition coefficient (Wildman–Crippen LogP) is 2.76. The van der Waals surface area contributed by atoms with Gasteiger partial charge in [0.15, 0.2) is 0 Å². The van der Waals surface area contributed by atoms with E-state index in [1.54, 1.807) is 0 Å². The molecule has 0 aliphatic heterocycles. The molecule has 1 atom stereocenters. The summed E-state index contributed by atoms with van der Waals surface area (Å²) < 4.78 is 5.47. The zero-order valence-corrected chi connectivity index (χ0v) is 13.2. The summed E-state index contributed by atoms with van der Waals surface area (Å²) in [5.74, 6) is 0.728. The molecule has 0 aliphatic carbocycles. The van der Waals surface area contributed by atoms with Crippen LogP contribution in [0.5, 0.6) is 0 Å². The van der Waals surface area contributed by atoms with E-state index in [1.807, 2.05) is 0 Å². The Morgan fingerprint density at radius 2 is 1.83 bits per heavy atom. The molecule has 0 rings (SSSR count). The van der Waals surface area contributed by atoms with Gasteiger partial charge in [-0.3, -0.25) is 4.90 Å². The molecule has 1 unspecified atom stereocenters. The molecular weight excluding hydrogens is 224 g/mol. The van der Waals surface area contributed by atoms with Gasteiger partial charge >= 0.3 is 0 Å². The van der Waals surface area contributed by atoms with Gasteiger partial charge in [-0.2, -0.15) is 0 Å². The summed E-state index contributed by atoms with van der Waals surface area (Å²) in [5.41, 5.74) is 0. The maximum atomic E-state index is 5.47. The monoisotopic (exact) mass is 258 g/mol. The smallest absolute Gasteiger partial charge is 0.0593 e. The first-order valence-electron chi connectivity index (χ1n) is 7.68. The minimum absolute atomic E-state index is 0.652. The second-order valence-corrected chi connectivity index (χ2v) is 5.32. The van der Waals surface area contributed by atoms with Crippen molar-refractivity contribution < 1.29 is 4.74 Å². The first kappa shape index (κ1) is 17.9. The summed E-state index contributed by atoms with van der Waals surface area (Å²) in [6, 6.07) is 0.652. The second kappa shape index (κ2) is 11.9. The van der Waals surface area contributed by atoms with Crippen LogP contribution in [-0.4, -0.2) is 50.3 Å². The lowest BCUT2D eigenvalue weighted by Crippen LogP contribution is -2.44. The molecule has 0 amide bonds. The zero-order chi connectivity index (χ0) is 13.8.